The van der Waals surface area contributed by atoms with Crippen LogP contribution in [0.2, 0.25) is 0 Å². The fraction of sp³-hybridized carbons (Fsp3) is 0.412. The van der Waals surface area contributed by atoms with E-state index in [9.17, 15) is 9.18 Å². The van der Waals surface area contributed by atoms with Gasteiger partial charge in [-0.15, -0.1) is 0 Å². The number of hydrogen-bond acceptors (Lipinski definition) is 3. The highest BCUT2D eigenvalue weighted by atomic mass is 19.1. The SMILES string of the molecule is CCN[C@H](C)CNC(=O)c1c(C)nn(-c2ccc(F)cc2)c1C. The average molecular weight is 318 g/mol. The third kappa shape index (κ3) is 3.96. The Morgan fingerprint density at radius 2 is 1.96 bits per heavy atom. The van der Waals surface area contributed by atoms with Gasteiger partial charge in [0.25, 0.3) is 5.91 Å². The van der Waals surface area contributed by atoms with Gasteiger partial charge in [-0.25, -0.2) is 9.07 Å². The van der Waals surface area contributed by atoms with E-state index in [1.807, 2.05) is 20.8 Å². The van der Waals surface area contributed by atoms with Crippen molar-refractivity contribution in [2.45, 2.75) is 33.7 Å². The van der Waals surface area contributed by atoms with Gasteiger partial charge in [0, 0.05) is 12.6 Å². The average Bonchev–Trinajstić information content (AvgIpc) is 2.81. The van der Waals surface area contributed by atoms with Crippen molar-refractivity contribution in [3.63, 3.8) is 0 Å². The van der Waals surface area contributed by atoms with E-state index >= 15 is 0 Å². The quantitative estimate of drug-likeness (QED) is 0.859. The number of aryl methyl sites for hydroxylation is 1. The molecule has 124 valence electrons. The first-order chi connectivity index (χ1) is 10.9. The Morgan fingerprint density at radius 1 is 1.30 bits per heavy atom. The highest BCUT2D eigenvalue weighted by Crippen LogP contribution is 2.18. The Balaban J connectivity index is 2.20. The predicted octanol–water partition coefficient (Wildman–Crippen LogP) is 2.36. The van der Waals surface area contributed by atoms with Crippen LogP contribution in [0.15, 0.2) is 24.3 Å². The van der Waals surface area contributed by atoms with Crippen molar-refractivity contribution in [2.24, 2.45) is 0 Å². The fourth-order valence-corrected chi connectivity index (χ4v) is 2.56. The maximum atomic E-state index is 13.1. The summed E-state index contributed by atoms with van der Waals surface area (Å²) >= 11 is 0. The van der Waals surface area contributed by atoms with Crippen LogP contribution in [0.5, 0.6) is 0 Å². The Labute approximate surface area is 135 Å². The van der Waals surface area contributed by atoms with E-state index in [-0.39, 0.29) is 17.8 Å². The summed E-state index contributed by atoms with van der Waals surface area (Å²) in [5.41, 5.74) is 2.69. The number of carbonyl (C=O) groups is 1. The van der Waals surface area contributed by atoms with E-state index < -0.39 is 0 Å². The molecule has 23 heavy (non-hydrogen) atoms. The minimum Gasteiger partial charge on any atom is -0.350 e. The molecule has 0 fully saturated rings. The molecule has 1 aromatic carbocycles. The molecule has 0 aliphatic carbocycles. The second kappa shape index (κ2) is 7.37. The summed E-state index contributed by atoms with van der Waals surface area (Å²) < 4.78 is 14.7. The minimum atomic E-state index is -0.300. The van der Waals surface area contributed by atoms with Crippen LogP contribution in [0.1, 0.15) is 35.6 Å². The van der Waals surface area contributed by atoms with E-state index in [2.05, 4.69) is 15.7 Å². The summed E-state index contributed by atoms with van der Waals surface area (Å²) in [5.74, 6) is -0.441. The summed E-state index contributed by atoms with van der Waals surface area (Å²) in [6, 6.07) is 6.25. The largest absolute Gasteiger partial charge is 0.350 e. The number of nitrogens with one attached hydrogen (secondary N) is 2. The number of likely N-dealkylation sites (N-methyl/N-ethyl adjacent to an activating group) is 1. The number of rotatable bonds is 6. The molecule has 0 saturated carbocycles. The third-order valence-corrected chi connectivity index (χ3v) is 3.71. The topological polar surface area (TPSA) is 58.9 Å². The van der Waals surface area contributed by atoms with E-state index in [0.29, 0.717) is 17.8 Å². The molecule has 0 spiro atoms. The molecule has 0 bridgehead atoms. The van der Waals surface area contributed by atoms with Crippen molar-refractivity contribution in [1.82, 2.24) is 20.4 Å². The number of amides is 1. The van der Waals surface area contributed by atoms with E-state index in [0.717, 1.165) is 17.9 Å². The van der Waals surface area contributed by atoms with Gasteiger partial charge in [0.05, 0.1) is 22.6 Å². The zero-order valence-electron chi connectivity index (χ0n) is 14.0. The predicted molar refractivity (Wildman–Crippen MR) is 88.5 cm³/mol. The molecule has 0 saturated heterocycles. The molecule has 1 atom stereocenters. The number of halogens is 1. The van der Waals surface area contributed by atoms with Gasteiger partial charge in [-0.05, 0) is 51.6 Å². The summed E-state index contributed by atoms with van der Waals surface area (Å²) in [6.07, 6.45) is 0. The molecule has 2 aromatic rings. The van der Waals surface area contributed by atoms with Gasteiger partial charge in [0.2, 0.25) is 0 Å². The number of benzene rings is 1. The maximum absolute atomic E-state index is 13.1. The summed E-state index contributed by atoms with van der Waals surface area (Å²) in [5, 5.41) is 10.6. The van der Waals surface area contributed by atoms with Gasteiger partial charge >= 0.3 is 0 Å². The maximum Gasteiger partial charge on any atom is 0.255 e. The van der Waals surface area contributed by atoms with E-state index in [1.165, 1.54) is 12.1 Å². The molecule has 0 unspecified atom stereocenters. The van der Waals surface area contributed by atoms with Crippen molar-refractivity contribution in [3.05, 3.63) is 47.0 Å². The second-order valence-corrected chi connectivity index (χ2v) is 5.60. The first-order valence-electron chi connectivity index (χ1n) is 7.77. The Kier molecular flexibility index (Phi) is 5.50. The number of hydrogen-bond donors (Lipinski definition) is 2. The standard InChI is InChI=1S/C17H23FN4O/c1-5-19-11(2)10-20-17(23)16-12(3)21-22(13(16)4)15-8-6-14(18)7-9-15/h6-9,11,19H,5,10H2,1-4H3,(H,20,23)/t11-/m1/s1. The lowest BCUT2D eigenvalue weighted by Gasteiger charge is -2.13. The lowest BCUT2D eigenvalue weighted by Crippen LogP contribution is -2.39. The van der Waals surface area contributed by atoms with Crippen LogP contribution in [-0.4, -0.2) is 34.8 Å². The van der Waals surface area contributed by atoms with Gasteiger partial charge in [0.1, 0.15) is 5.82 Å². The molecule has 0 aliphatic rings. The fourth-order valence-electron chi connectivity index (χ4n) is 2.56. The number of carbonyl (C=O) groups excluding carboxylic acids is 1. The highest BCUT2D eigenvalue weighted by molar-refractivity contribution is 5.96. The van der Waals surface area contributed by atoms with E-state index in [1.54, 1.807) is 23.7 Å². The first-order valence-corrected chi connectivity index (χ1v) is 7.77. The lowest BCUT2D eigenvalue weighted by atomic mass is 10.1. The van der Waals surface area contributed by atoms with Crippen LogP contribution in [0, 0.1) is 19.7 Å². The Hall–Kier alpha value is -2.21. The minimum absolute atomic E-state index is 0.141. The van der Waals surface area contributed by atoms with Crippen LogP contribution in [-0.2, 0) is 0 Å². The van der Waals surface area contributed by atoms with Crippen LogP contribution >= 0.6 is 0 Å². The van der Waals surface area contributed by atoms with Gasteiger partial charge < -0.3 is 10.6 Å². The Morgan fingerprint density at radius 3 is 2.57 bits per heavy atom. The zero-order valence-corrected chi connectivity index (χ0v) is 14.0. The highest BCUT2D eigenvalue weighted by Gasteiger charge is 2.19. The van der Waals surface area contributed by atoms with Crippen LogP contribution in [0.25, 0.3) is 5.69 Å². The van der Waals surface area contributed by atoms with Crippen molar-refractivity contribution in [3.8, 4) is 5.69 Å². The number of nitrogens with zero attached hydrogens (tertiary/aromatic N) is 2. The Bertz CT molecular complexity index is 679. The molecular weight excluding hydrogens is 295 g/mol. The molecule has 2 N–H and O–H groups in total. The molecule has 1 aromatic heterocycles. The molecule has 5 nitrogen and oxygen atoms in total. The molecule has 1 amide bonds. The second-order valence-electron chi connectivity index (χ2n) is 5.60. The molecule has 1 heterocycles. The molecule has 6 heteroatoms. The molecule has 0 radical (unpaired) electrons. The molecule has 0 aliphatic heterocycles. The van der Waals surface area contributed by atoms with Crippen LogP contribution < -0.4 is 10.6 Å². The van der Waals surface area contributed by atoms with Gasteiger partial charge in [-0.3, -0.25) is 4.79 Å². The third-order valence-electron chi connectivity index (χ3n) is 3.71. The first kappa shape index (κ1) is 17.1. The van der Waals surface area contributed by atoms with Crippen molar-refractivity contribution in [2.75, 3.05) is 13.1 Å². The normalized spacial score (nSPS) is 12.2. The van der Waals surface area contributed by atoms with Crippen LogP contribution in [0.3, 0.4) is 0 Å². The van der Waals surface area contributed by atoms with Gasteiger partial charge in [0.15, 0.2) is 0 Å². The summed E-state index contributed by atoms with van der Waals surface area (Å²) in [4.78, 5) is 12.4. The van der Waals surface area contributed by atoms with Crippen molar-refractivity contribution >= 4 is 5.91 Å². The van der Waals surface area contributed by atoms with Gasteiger partial charge in [-0.2, -0.15) is 5.10 Å². The zero-order chi connectivity index (χ0) is 17.0. The molecular formula is C17H23FN4O. The summed E-state index contributed by atoms with van der Waals surface area (Å²) in [6.45, 7) is 9.09. The summed E-state index contributed by atoms with van der Waals surface area (Å²) in [7, 11) is 0. The number of aromatic nitrogens is 2. The van der Waals surface area contributed by atoms with Crippen molar-refractivity contribution in [1.29, 1.82) is 0 Å². The monoisotopic (exact) mass is 318 g/mol. The van der Waals surface area contributed by atoms with Gasteiger partial charge in [-0.1, -0.05) is 6.92 Å². The van der Waals surface area contributed by atoms with E-state index in [4.69, 9.17) is 0 Å². The molecule has 2 rings (SSSR count). The van der Waals surface area contributed by atoms with Crippen LogP contribution in [0.4, 0.5) is 4.39 Å². The lowest BCUT2D eigenvalue weighted by molar-refractivity contribution is 0.0949. The van der Waals surface area contributed by atoms with Crippen molar-refractivity contribution < 1.29 is 9.18 Å². The smallest absolute Gasteiger partial charge is 0.255 e.